The topological polar surface area (TPSA) is 41.6 Å². The molecule has 0 unspecified atom stereocenters. The molecular weight excluding hydrogens is 324 g/mol. The number of ether oxygens (including phenoxy) is 1. The molecule has 1 fully saturated rings. The van der Waals surface area contributed by atoms with E-state index in [9.17, 15) is 4.79 Å². The van der Waals surface area contributed by atoms with E-state index in [4.69, 9.17) is 4.74 Å². The van der Waals surface area contributed by atoms with E-state index in [1.807, 2.05) is 25.1 Å². The summed E-state index contributed by atoms with van der Waals surface area (Å²) < 4.78 is 5.50. The lowest BCUT2D eigenvalue weighted by Gasteiger charge is -2.35. The maximum atomic E-state index is 12.6. The van der Waals surface area contributed by atoms with Gasteiger partial charge in [-0.2, -0.15) is 0 Å². The SMILES string of the molecule is Cc1ccc([C@@H](CNC(=O)c2ccc(C)c(C)c2)N2CCOCC2)cc1. The van der Waals surface area contributed by atoms with Crippen LogP contribution in [0.3, 0.4) is 0 Å². The predicted octanol–water partition coefficient (Wildman–Crippen LogP) is 3.42. The fourth-order valence-corrected chi connectivity index (χ4v) is 3.31. The summed E-state index contributed by atoms with van der Waals surface area (Å²) >= 11 is 0. The van der Waals surface area contributed by atoms with Crippen LogP contribution in [-0.4, -0.2) is 43.7 Å². The van der Waals surface area contributed by atoms with Crippen LogP contribution in [0.25, 0.3) is 0 Å². The second-order valence-electron chi connectivity index (χ2n) is 7.08. The molecule has 1 heterocycles. The molecule has 3 rings (SSSR count). The van der Waals surface area contributed by atoms with Gasteiger partial charge in [-0.3, -0.25) is 9.69 Å². The van der Waals surface area contributed by atoms with Crippen molar-refractivity contribution in [3.05, 3.63) is 70.3 Å². The minimum Gasteiger partial charge on any atom is -0.379 e. The Labute approximate surface area is 156 Å². The Bertz CT molecular complexity index is 749. The molecule has 1 amide bonds. The van der Waals surface area contributed by atoms with Crippen LogP contribution in [0.1, 0.15) is 38.7 Å². The summed E-state index contributed by atoms with van der Waals surface area (Å²) in [6.45, 7) is 10.0. The first-order chi connectivity index (χ1) is 12.5. The summed E-state index contributed by atoms with van der Waals surface area (Å²) in [6.07, 6.45) is 0. The van der Waals surface area contributed by atoms with Crippen molar-refractivity contribution in [1.82, 2.24) is 10.2 Å². The van der Waals surface area contributed by atoms with Gasteiger partial charge in [0, 0.05) is 25.2 Å². The van der Waals surface area contributed by atoms with Gasteiger partial charge in [-0.05, 0) is 49.6 Å². The lowest BCUT2D eigenvalue weighted by molar-refractivity contribution is 0.0162. The van der Waals surface area contributed by atoms with Gasteiger partial charge >= 0.3 is 0 Å². The molecule has 2 aromatic carbocycles. The third kappa shape index (κ3) is 4.51. The molecule has 4 heteroatoms. The lowest BCUT2D eigenvalue weighted by atomic mass is 10.0. The Morgan fingerprint density at radius 2 is 1.73 bits per heavy atom. The zero-order valence-corrected chi connectivity index (χ0v) is 15.9. The summed E-state index contributed by atoms with van der Waals surface area (Å²) in [6, 6.07) is 14.6. The van der Waals surface area contributed by atoms with Crippen molar-refractivity contribution >= 4 is 5.91 Å². The van der Waals surface area contributed by atoms with E-state index in [0.29, 0.717) is 6.54 Å². The van der Waals surface area contributed by atoms with E-state index in [-0.39, 0.29) is 11.9 Å². The maximum absolute atomic E-state index is 12.6. The van der Waals surface area contributed by atoms with Crippen LogP contribution in [0.15, 0.2) is 42.5 Å². The second-order valence-corrected chi connectivity index (χ2v) is 7.08. The van der Waals surface area contributed by atoms with Gasteiger partial charge < -0.3 is 10.1 Å². The number of hydrogen-bond donors (Lipinski definition) is 1. The molecule has 0 aromatic heterocycles. The number of morpholine rings is 1. The minimum absolute atomic E-state index is 0.0153. The number of aryl methyl sites for hydroxylation is 3. The molecule has 0 bridgehead atoms. The third-order valence-electron chi connectivity index (χ3n) is 5.17. The highest BCUT2D eigenvalue weighted by Crippen LogP contribution is 2.22. The molecule has 1 aliphatic heterocycles. The van der Waals surface area contributed by atoms with Gasteiger partial charge in [-0.25, -0.2) is 0 Å². The molecule has 138 valence electrons. The van der Waals surface area contributed by atoms with Gasteiger partial charge in [-0.15, -0.1) is 0 Å². The quantitative estimate of drug-likeness (QED) is 0.896. The van der Waals surface area contributed by atoms with E-state index in [1.165, 1.54) is 16.7 Å². The summed E-state index contributed by atoms with van der Waals surface area (Å²) in [7, 11) is 0. The Balaban J connectivity index is 1.73. The van der Waals surface area contributed by atoms with Crippen molar-refractivity contribution in [2.24, 2.45) is 0 Å². The number of carbonyl (C=O) groups is 1. The fraction of sp³-hybridized carbons (Fsp3) is 0.409. The molecular formula is C22H28N2O2. The van der Waals surface area contributed by atoms with Crippen molar-refractivity contribution in [2.75, 3.05) is 32.8 Å². The second kappa shape index (κ2) is 8.47. The molecule has 26 heavy (non-hydrogen) atoms. The lowest BCUT2D eigenvalue weighted by Crippen LogP contribution is -2.43. The van der Waals surface area contributed by atoms with E-state index >= 15 is 0 Å². The number of rotatable bonds is 5. The number of nitrogens with zero attached hydrogens (tertiary/aromatic N) is 1. The van der Waals surface area contributed by atoms with Crippen LogP contribution in [0.4, 0.5) is 0 Å². The predicted molar refractivity (Wildman–Crippen MR) is 105 cm³/mol. The van der Waals surface area contributed by atoms with Crippen molar-refractivity contribution < 1.29 is 9.53 Å². The van der Waals surface area contributed by atoms with Crippen LogP contribution < -0.4 is 5.32 Å². The number of benzene rings is 2. The summed E-state index contributed by atoms with van der Waals surface area (Å²) in [5.41, 5.74) is 5.54. The highest BCUT2D eigenvalue weighted by molar-refractivity contribution is 5.94. The highest BCUT2D eigenvalue weighted by Gasteiger charge is 2.23. The molecule has 0 saturated carbocycles. The molecule has 1 N–H and O–H groups in total. The van der Waals surface area contributed by atoms with Crippen LogP contribution in [0.2, 0.25) is 0 Å². The van der Waals surface area contributed by atoms with Crippen molar-refractivity contribution in [1.29, 1.82) is 0 Å². The fourth-order valence-electron chi connectivity index (χ4n) is 3.31. The van der Waals surface area contributed by atoms with Crippen LogP contribution in [0, 0.1) is 20.8 Å². The van der Waals surface area contributed by atoms with Gasteiger partial charge in [0.05, 0.1) is 19.3 Å². The average molecular weight is 352 g/mol. The first-order valence-electron chi connectivity index (χ1n) is 9.28. The van der Waals surface area contributed by atoms with Crippen molar-refractivity contribution in [3.8, 4) is 0 Å². The van der Waals surface area contributed by atoms with Gasteiger partial charge in [0.15, 0.2) is 0 Å². The molecule has 0 aliphatic carbocycles. The Morgan fingerprint density at radius 1 is 1.04 bits per heavy atom. The Kier molecular flexibility index (Phi) is 6.07. The smallest absolute Gasteiger partial charge is 0.251 e. The average Bonchev–Trinajstić information content (AvgIpc) is 2.66. The van der Waals surface area contributed by atoms with Crippen LogP contribution in [-0.2, 0) is 4.74 Å². The van der Waals surface area contributed by atoms with Crippen LogP contribution in [0.5, 0.6) is 0 Å². The molecule has 2 aromatic rings. The van der Waals surface area contributed by atoms with E-state index in [0.717, 1.165) is 37.4 Å². The molecule has 0 radical (unpaired) electrons. The zero-order valence-electron chi connectivity index (χ0n) is 15.9. The molecule has 1 aliphatic rings. The van der Waals surface area contributed by atoms with E-state index < -0.39 is 0 Å². The minimum atomic E-state index is -0.0153. The van der Waals surface area contributed by atoms with Crippen molar-refractivity contribution in [2.45, 2.75) is 26.8 Å². The standard InChI is InChI=1S/C22H28N2O2/c1-16-4-7-19(8-5-16)21(24-10-12-26-13-11-24)15-23-22(25)20-9-6-17(2)18(3)14-20/h4-9,14,21H,10-13,15H2,1-3H3,(H,23,25)/t21-/m1/s1. The normalized spacial score (nSPS) is 16.3. The number of hydrogen-bond acceptors (Lipinski definition) is 3. The van der Waals surface area contributed by atoms with Crippen LogP contribution >= 0.6 is 0 Å². The number of carbonyl (C=O) groups excluding carboxylic acids is 1. The largest absolute Gasteiger partial charge is 0.379 e. The molecule has 0 spiro atoms. The zero-order chi connectivity index (χ0) is 18.5. The first-order valence-corrected chi connectivity index (χ1v) is 9.28. The van der Waals surface area contributed by atoms with Gasteiger partial charge in [0.2, 0.25) is 0 Å². The maximum Gasteiger partial charge on any atom is 0.251 e. The van der Waals surface area contributed by atoms with Gasteiger partial charge in [0.25, 0.3) is 5.91 Å². The number of amides is 1. The third-order valence-corrected chi connectivity index (χ3v) is 5.17. The first kappa shape index (κ1) is 18.6. The molecule has 4 nitrogen and oxygen atoms in total. The monoisotopic (exact) mass is 352 g/mol. The van der Waals surface area contributed by atoms with Gasteiger partial charge in [-0.1, -0.05) is 35.9 Å². The molecule has 1 saturated heterocycles. The Morgan fingerprint density at radius 3 is 2.38 bits per heavy atom. The van der Waals surface area contributed by atoms with Crippen molar-refractivity contribution in [3.63, 3.8) is 0 Å². The van der Waals surface area contributed by atoms with E-state index in [1.54, 1.807) is 0 Å². The number of nitrogens with one attached hydrogen (secondary N) is 1. The summed E-state index contributed by atoms with van der Waals surface area (Å²) in [5, 5.41) is 3.13. The van der Waals surface area contributed by atoms with Gasteiger partial charge in [0.1, 0.15) is 0 Å². The summed E-state index contributed by atoms with van der Waals surface area (Å²) in [4.78, 5) is 15.0. The Hall–Kier alpha value is -2.17. The highest BCUT2D eigenvalue weighted by atomic mass is 16.5. The van der Waals surface area contributed by atoms with E-state index in [2.05, 4.69) is 48.3 Å². The summed E-state index contributed by atoms with van der Waals surface area (Å²) in [5.74, 6) is -0.0153. The molecule has 1 atom stereocenters.